The molecule has 240 valence electrons. The van der Waals surface area contributed by atoms with Crippen molar-refractivity contribution in [2.24, 2.45) is 0 Å². The molecular weight excluding hydrogens is 621 g/mol. The number of nitrogens with zero attached hydrogens (tertiary/aromatic N) is 2. The molecule has 0 saturated heterocycles. The summed E-state index contributed by atoms with van der Waals surface area (Å²) in [4.78, 5) is 2.35. The van der Waals surface area contributed by atoms with Crippen LogP contribution in [-0.4, -0.2) is 4.57 Å². The van der Waals surface area contributed by atoms with Gasteiger partial charge in [0, 0.05) is 49.9 Å². The molecule has 0 atom stereocenters. The summed E-state index contributed by atoms with van der Waals surface area (Å²) in [6, 6.07) is 69.1. The average Bonchev–Trinajstić information content (AvgIpc) is 3.75. The first-order valence-electron chi connectivity index (χ1n) is 17.4. The van der Waals surface area contributed by atoms with Gasteiger partial charge in [-0.1, -0.05) is 121 Å². The maximum absolute atomic E-state index is 6.70. The van der Waals surface area contributed by atoms with Crippen molar-refractivity contribution >= 4 is 60.8 Å². The van der Waals surface area contributed by atoms with E-state index in [0.717, 1.165) is 55.8 Å². The molecule has 0 radical (unpaired) electrons. The van der Waals surface area contributed by atoms with Gasteiger partial charge < -0.3 is 13.9 Å². The molecule has 2 heterocycles. The topological polar surface area (TPSA) is 21.3 Å². The highest BCUT2D eigenvalue weighted by atomic mass is 16.3. The lowest BCUT2D eigenvalue weighted by molar-refractivity contribution is 0.670. The molecule has 0 aliphatic rings. The van der Waals surface area contributed by atoms with Crippen LogP contribution in [0.15, 0.2) is 199 Å². The van der Waals surface area contributed by atoms with Gasteiger partial charge >= 0.3 is 0 Å². The summed E-state index contributed by atoms with van der Waals surface area (Å²) in [5.41, 5.74) is 13.1. The molecule has 2 aromatic heterocycles. The molecule has 0 spiro atoms. The van der Waals surface area contributed by atoms with Gasteiger partial charge in [0.2, 0.25) is 0 Å². The molecule has 0 aliphatic heterocycles. The highest BCUT2D eigenvalue weighted by Gasteiger charge is 2.21. The van der Waals surface area contributed by atoms with Gasteiger partial charge in [0.25, 0.3) is 0 Å². The van der Waals surface area contributed by atoms with Gasteiger partial charge in [0.1, 0.15) is 11.2 Å². The fourth-order valence-corrected chi connectivity index (χ4v) is 7.61. The number of aromatic nitrogens is 1. The first-order chi connectivity index (χ1) is 25.3. The minimum atomic E-state index is 0.881. The number of anilines is 3. The van der Waals surface area contributed by atoms with E-state index in [-0.39, 0.29) is 0 Å². The Morgan fingerprint density at radius 3 is 1.75 bits per heavy atom. The van der Waals surface area contributed by atoms with E-state index < -0.39 is 0 Å². The monoisotopic (exact) mass is 652 g/mol. The van der Waals surface area contributed by atoms with Crippen molar-refractivity contribution in [2.75, 3.05) is 4.90 Å². The second kappa shape index (κ2) is 11.9. The molecular formula is C48H32N2O. The molecule has 51 heavy (non-hydrogen) atoms. The predicted octanol–water partition coefficient (Wildman–Crippen LogP) is 13.5. The summed E-state index contributed by atoms with van der Waals surface area (Å²) in [5.74, 6) is 0. The van der Waals surface area contributed by atoms with Crippen molar-refractivity contribution in [1.82, 2.24) is 4.57 Å². The largest absolute Gasteiger partial charge is 0.455 e. The van der Waals surface area contributed by atoms with Crippen LogP contribution in [-0.2, 0) is 0 Å². The van der Waals surface area contributed by atoms with Crippen LogP contribution in [0.25, 0.3) is 71.7 Å². The SMILES string of the molecule is c1ccc(-c2ccc(N(c3ccccc3)c3cc(-c4ccc5c(c4)c4ccccc4n5-c4ccccc4)c4oc5ccccc5c4c3)cc2)cc1. The van der Waals surface area contributed by atoms with Crippen LogP contribution in [0.2, 0.25) is 0 Å². The number of hydrogen-bond donors (Lipinski definition) is 0. The Kier molecular flexibility index (Phi) is 6.81. The minimum absolute atomic E-state index is 0.881. The van der Waals surface area contributed by atoms with Gasteiger partial charge in [-0.2, -0.15) is 0 Å². The highest BCUT2D eigenvalue weighted by Crippen LogP contribution is 2.44. The molecule has 0 unspecified atom stereocenters. The summed E-state index contributed by atoms with van der Waals surface area (Å²) in [7, 11) is 0. The Bertz CT molecular complexity index is 2830. The van der Waals surface area contributed by atoms with Gasteiger partial charge in [-0.15, -0.1) is 0 Å². The molecule has 0 fully saturated rings. The summed E-state index contributed by atoms with van der Waals surface area (Å²) < 4.78 is 9.06. The molecule has 3 heteroatoms. The van der Waals surface area contributed by atoms with Crippen molar-refractivity contribution in [2.45, 2.75) is 0 Å². The van der Waals surface area contributed by atoms with Crippen molar-refractivity contribution < 1.29 is 4.42 Å². The zero-order valence-corrected chi connectivity index (χ0v) is 27.8. The van der Waals surface area contributed by atoms with E-state index in [4.69, 9.17) is 4.42 Å². The van der Waals surface area contributed by atoms with Crippen LogP contribution in [0.5, 0.6) is 0 Å². The molecule has 0 saturated carbocycles. The lowest BCUT2D eigenvalue weighted by Crippen LogP contribution is -2.10. The number of hydrogen-bond acceptors (Lipinski definition) is 2. The predicted molar refractivity (Wildman–Crippen MR) is 214 cm³/mol. The van der Waals surface area contributed by atoms with Crippen LogP contribution in [0, 0.1) is 0 Å². The van der Waals surface area contributed by atoms with Gasteiger partial charge in [-0.3, -0.25) is 0 Å². The first-order valence-corrected chi connectivity index (χ1v) is 17.4. The van der Waals surface area contributed by atoms with Crippen LogP contribution in [0.4, 0.5) is 17.1 Å². The molecule has 0 N–H and O–H groups in total. The third-order valence-electron chi connectivity index (χ3n) is 9.97. The van der Waals surface area contributed by atoms with E-state index in [1.807, 2.05) is 6.07 Å². The van der Waals surface area contributed by atoms with Crippen LogP contribution >= 0.6 is 0 Å². The van der Waals surface area contributed by atoms with Gasteiger partial charge in [-0.25, -0.2) is 0 Å². The van der Waals surface area contributed by atoms with Crippen LogP contribution in [0.3, 0.4) is 0 Å². The maximum atomic E-state index is 6.70. The Morgan fingerprint density at radius 1 is 0.373 bits per heavy atom. The Hall–Kier alpha value is -6.84. The quantitative estimate of drug-likeness (QED) is 0.178. The Labute approximate surface area is 295 Å². The van der Waals surface area contributed by atoms with E-state index in [1.165, 1.54) is 32.9 Å². The van der Waals surface area contributed by atoms with Gasteiger partial charge in [0.15, 0.2) is 0 Å². The fraction of sp³-hybridized carbons (Fsp3) is 0. The number of fused-ring (bicyclic) bond motifs is 6. The minimum Gasteiger partial charge on any atom is -0.455 e. The highest BCUT2D eigenvalue weighted by molar-refractivity contribution is 6.14. The van der Waals surface area contributed by atoms with Gasteiger partial charge in [0.05, 0.1) is 11.0 Å². The second-order valence-corrected chi connectivity index (χ2v) is 13.0. The first kappa shape index (κ1) is 29.1. The summed E-state index contributed by atoms with van der Waals surface area (Å²) in [6.45, 7) is 0. The summed E-state index contributed by atoms with van der Waals surface area (Å²) in [5, 5.41) is 4.62. The molecule has 10 aromatic rings. The van der Waals surface area contributed by atoms with Crippen molar-refractivity contribution in [3.63, 3.8) is 0 Å². The Morgan fingerprint density at radius 2 is 0.961 bits per heavy atom. The zero-order valence-electron chi connectivity index (χ0n) is 27.8. The molecule has 10 rings (SSSR count). The number of rotatable bonds is 6. The van der Waals surface area contributed by atoms with Gasteiger partial charge in [-0.05, 0) is 89.5 Å². The van der Waals surface area contributed by atoms with E-state index in [1.54, 1.807) is 0 Å². The van der Waals surface area contributed by atoms with E-state index in [0.29, 0.717) is 0 Å². The average molecular weight is 653 g/mol. The molecule has 8 aromatic carbocycles. The fourth-order valence-electron chi connectivity index (χ4n) is 7.61. The smallest absolute Gasteiger partial charge is 0.143 e. The van der Waals surface area contributed by atoms with E-state index in [2.05, 4.69) is 198 Å². The molecule has 0 amide bonds. The number of benzene rings is 8. The standard InChI is InChI=1S/C48H32N2O/c1-4-14-33(15-5-1)34-24-27-38(28-25-34)49(36-16-6-2-7-17-36)39-31-42(48-44(32-39)41-21-11-13-23-47(41)51-48)35-26-29-46-43(30-35)40-20-10-12-22-45(40)50(46)37-18-8-3-9-19-37/h1-32H. The number of para-hydroxylation sites is 4. The Balaban J connectivity index is 1.21. The third-order valence-corrected chi connectivity index (χ3v) is 9.97. The van der Waals surface area contributed by atoms with Crippen LogP contribution in [0.1, 0.15) is 0 Å². The molecule has 0 bridgehead atoms. The normalized spacial score (nSPS) is 11.5. The maximum Gasteiger partial charge on any atom is 0.143 e. The van der Waals surface area contributed by atoms with Crippen molar-refractivity contribution in [1.29, 1.82) is 0 Å². The van der Waals surface area contributed by atoms with E-state index >= 15 is 0 Å². The lowest BCUT2D eigenvalue weighted by atomic mass is 9.98. The summed E-state index contributed by atoms with van der Waals surface area (Å²) >= 11 is 0. The second-order valence-electron chi connectivity index (χ2n) is 13.0. The van der Waals surface area contributed by atoms with Crippen LogP contribution < -0.4 is 4.90 Å². The molecule has 3 nitrogen and oxygen atoms in total. The van der Waals surface area contributed by atoms with Crippen molar-refractivity contribution in [3.8, 4) is 27.9 Å². The third kappa shape index (κ3) is 4.90. The zero-order chi connectivity index (χ0) is 33.7. The number of furan rings is 1. The van der Waals surface area contributed by atoms with E-state index in [9.17, 15) is 0 Å². The molecule has 0 aliphatic carbocycles. The van der Waals surface area contributed by atoms with Crippen molar-refractivity contribution in [3.05, 3.63) is 194 Å². The summed E-state index contributed by atoms with van der Waals surface area (Å²) in [6.07, 6.45) is 0. The lowest BCUT2D eigenvalue weighted by Gasteiger charge is -2.26.